The van der Waals surface area contributed by atoms with Crippen LogP contribution in [0.5, 0.6) is 0 Å². The average molecular weight is 344 g/mol. The van der Waals surface area contributed by atoms with Crippen molar-refractivity contribution >= 4 is 11.9 Å². The lowest BCUT2D eigenvalue weighted by molar-refractivity contribution is -0.149. The number of aryl methyl sites for hydroxylation is 1. The fraction of sp³-hybridized carbons (Fsp3) is 0.600. The number of likely N-dealkylation sites (tertiary alicyclic amines) is 1. The summed E-state index contributed by atoms with van der Waals surface area (Å²) < 4.78 is 4.81. The number of hydrogen-bond donors (Lipinski definition) is 0. The van der Waals surface area contributed by atoms with Crippen LogP contribution in [0, 0.1) is 5.92 Å². The van der Waals surface area contributed by atoms with E-state index in [4.69, 9.17) is 4.74 Å². The van der Waals surface area contributed by atoms with E-state index >= 15 is 0 Å². The zero-order chi connectivity index (χ0) is 17.8. The maximum atomic E-state index is 12.7. The summed E-state index contributed by atoms with van der Waals surface area (Å²) in [6.07, 6.45) is 4.81. The first-order chi connectivity index (χ1) is 12.1. The van der Waals surface area contributed by atoms with Crippen LogP contribution in [0.1, 0.15) is 42.9 Å². The average Bonchev–Trinajstić information content (AvgIpc) is 2.66. The lowest BCUT2D eigenvalue weighted by Crippen LogP contribution is -2.45. The van der Waals surface area contributed by atoms with Crippen LogP contribution in [-0.2, 0) is 20.7 Å². The van der Waals surface area contributed by atoms with Gasteiger partial charge in [-0.2, -0.15) is 0 Å². The molecule has 1 heterocycles. The minimum atomic E-state index is -0.150. The van der Waals surface area contributed by atoms with E-state index in [1.807, 2.05) is 11.9 Å². The molecule has 0 aromatic heterocycles. The number of methoxy groups -OCH3 is 1. The van der Waals surface area contributed by atoms with Crippen LogP contribution in [0.15, 0.2) is 24.3 Å². The van der Waals surface area contributed by atoms with E-state index in [-0.39, 0.29) is 17.8 Å². The van der Waals surface area contributed by atoms with Gasteiger partial charge in [0.15, 0.2) is 0 Å². The molecule has 0 radical (unpaired) electrons. The van der Waals surface area contributed by atoms with E-state index in [9.17, 15) is 9.59 Å². The molecule has 0 saturated carbocycles. The van der Waals surface area contributed by atoms with Crippen molar-refractivity contribution < 1.29 is 14.3 Å². The summed E-state index contributed by atoms with van der Waals surface area (Å²) in [6.45, 7) is 1.73. The molecule has 1 aromatic rings. The molecule has 5 heteroatoms. The van der Waals surface area contributed by atoms with Crippen LogP contribution in [0.4, 0.5) is 0 Å². The second-order valence-corrected chi connectivity index (χ2v) is 7.20. The molecule has 1 aliphatic heterocycles. The molecule has 1 aliphatic carbocycles. The Balaban J connectivity index is 1.56. The van der Waals surface area contributed by atoms with Gasteiger partial charge in [-0.05, 0) is 50.3 Å². The number of likely N-dealkylation sites (N-methyl/N-ethyl adjacent to an activating group) is 1. The van der Waals surface area contributed by atoms with E-state index in [1.165, 1.54) is 24.7 Å². The molecule has 1 aromatic carbocycles. The van der Waals surface area contributed by atoms with Crippen LogP contribution in [-0.4, -0.2) is 55.5 Å². The van der Waals surface area contributed by atoms with Crippen molar-refractivity contribution in [2.24, 2.45) is 5.92 Å². The Morgan fingerprint density at radius 3 is 2.64 bits per heavy atom. The largest absolute Gasteiger partial charge is 0.469 e. The van der Waals surface area contributed by atoms with Crippen molar-refractivity contribution in [2.45, 2.75) is 38.1 Å². The second kappa shape index (κ2) is 8.00. The van der Waals surface area contributed by atoms with Crippen molar-refractivity contribution in [2.75, 3.05) is 33.8 Å². The highest BCUT2D eigenvalue weighted by molar-refractivity contribution is 5.79. The molecule has 1 amide bonds. The van der Waals surface area contributed by atoms with Gasteiger partial charge in [-0.1, -0.05) is 24.3 Å². The van der Waals surface area contributed by atoms with E-state index in [0.717, 1.165) is 12.8 Å². The number of amides is 1. The molecule has 0 spiro atoms. The van der Waals surface area contributed by atoms with Gasteiger partial charge >= 0.3 is 5.97 Å². The van der Waals surface area contributed by atoms with E-state index in [2.05, 4.69) is 29.2 Å². The predicted octanol–water partition coefficient (Wildman–Crippen LogP) is 2.41. The van der Waals surface area contributed by atoms with Gasteiger partial charge in [0.1, 0.15) is 0 Å². The lowest BCUT2D eigenvalue weighted by atomic mass is 9.87. The zero-order valence-corrected chi connectivity index (χ0v) is 15.2. The Morgan fingerprint density at radius 1 is 1.20 bits per heavy atom. The third-order valence-electron chi connectivity index (χ3n) is 5.64. The van der Waals surface area contributed by atoms with Crippen molar-refractivity contribution in [3.63, 3.8) is 0 Å². The van der Waals surface area contributed by atoms with Crippen LogP contribution >= 0.6 is 0 Å². The number of carbonyl (C=O) groups excluding carboxylic acids is 2. The predicted molar refractivity (Wildman–Crippen MR) is 96.1 cm³/mol. The first kappa shape index (κ1) is 17.9. The molecule has 1 fully saturated rings. The van der Waals surface area contributed by atoms with E-state index in [1.54, 1.807) is 0 Å². The number of benzene rings is 1. The highest BCUT2D eigenvalue weighted by Crippen LogP contribution is 2.33. The third kappa shape index (κ3) is 4.03. The van der Waals surface area contributed by atoms with Gasteiger partial charge in [-0.15, -0.1) is 0 Å². The smallest absolute Gasteiger partial charge is 0.308 e. The van der Waals surface area contributed by atoms with Crippen LogP contribution in [0.25, 0.3) is 0 Å². The minimum Gasteiger partial charge on any atom is -0.469 e. The Labute approximate surface area is 149 Å². The summed E-state index contributed by atoms with van der Waals surface area (Å²) in [5, 5.41) is 0. The Morgan fingerprint density at radius 2 is 1.92 bits per heavy atom. The molecule has 1 atom stereocenters. The normalized spacial score (nSPS) is 21.1. The summed E-state index contributed by atoms with van der Waals surface area (Å²) in [4.78, 5) is 28.4. The van der Waals surface area contributed by atoms with Gasteiger partial charge in [0.2, 0.25) is 5.91 Å². The highest BCUT2D eigenvalue weighted by Gasteiger charge is 2.30. The van der Waals surface area contributed by atoms with Gasteiger partial charge in [0.05, 0.1) is 19.6 Å². The quantitative estimate of drug-likeness (QED) is 0.787. The first-order valence-electron chi connectivity index (χ1n) is 9.23. The van der Waals surface area contributed by atoms with Crippen LogP contribution < -0.4 is 0 Å². The molecule has 136 valence electrons. The maximum Gasteiger partial charge on any atom is 0.308 e. The fourth-order valence-corrected chi connectivity index (χ4v) is 4.14. The molecule has 1 unspecified atom stereocenters. The number of fused-ring (bicyclic) bond motifs is 1. The number of nitrogens with zero attached hydrogens (tertiary/aromatic N) is 2. The number of ether oxygens (including phenoxy) is 1. The summed E-state index contributed by atoms with van der Waals surface area (Å²) >= 11 is 0. The van der Waals surface area contributed by atoms with Crippen molar-refractivity contribution in [3.8, 4) is 0 Å². The number of esters is 1. The molecule has 2 aliphatic rings. The van der Waals surface area contributed by atoms with Crippen molar-refractivity contribution in [1.29, 1.82) is 0 Å². The summed E-state index contributed by atoms with van der Waals surface area (Å²) in [5.41, 5.74) is 2.78. The van der Waals surface area contributed by atoms with Gasteiger partial charge in [0, 0.05) is 19.1 Å². The molecule has 0 bridgehead atoms. The van der Waals surface area contributed by atoms with Gasteiger partial charge < -0.3 is 9.64 Å². The minimum absolute atomic E-state index is 0.0583. The van der Waals surface area contributed by atoms with Crippen LogP contribution in [0.3, 0.4) is 0 Å². The number of carbonyl (C=O) groups is 2. The van der Waals surface area contributed by atoms with E-state index < -0.39 is 0 Å². The third-order valence-corrected chi connectivity index (χ3v) is 5.64. The summed E-state index contributed by atoms with van der Waals surface area (Å²) in [5.74, 6) is -0.0473. The number of piperidine rings is 1. The van der Waals surface area contributed by atoms with Crippen LogP contribution in [0.2, 0.25) is 0 Å². The summed E-state index contributed by atoms with van der Waals surface area (Å²) in [7, 11) is 3.47. The Bertz CT molecular complexity index is 623. The van der Waals surface area contributed by atoms with E-state index in [0.29, 0.717) is 38.5 Å². The standard InChI is InChI=1S/C20H28N2O3/c1-21(18-9-5-7-15-6-3-4-8-17(15)18)14-19(23)22-12-10-16(11-13-22)20(24)25-2/h3-4,6,8,16,18H,5,7,9-14H2,1-2H3. The highest BCUT2D eigenvalue weighted by atomic mass is 16.5. The monoisotopic (exact) mass is 344 g/mol. The molecule has 25 heavy (non-hydrogen) atoms. The molecule has 1 saturated heterocycles. The molecule has 0 N–H and O–H groups in total. The molecular weight excluding hydrogens is 316 g/mol. The topological polar surface area (TPSA) is 49.9 Å². The van der Waals surface area contributed by atoms with Gasteiger partial charge in [-0.3, -0.25) is 14.5 Å². The van der Waals surface area contributed by atoms with Crippen molar-refractivity contribution in [1.82, 2.24) is 9.80 Å². The first-order valence-corrected chi connectivity index (χ1v) is 9.23. The zero-order valence-electron chi connectivity index (χ0n) is 15.2. The Hall–Kier alpha value is -1.88. The molecule has 5 nitrogen and oxygen atoms in total. The number of hydrogen-bond acceptors (Lipinski definition) is 4. The van der Waals surface area contributed by atoms with Crippen molar-refractivity contribution in [3.05, 3.63) is 35.4 Å². The van der Waals surface area contributed by atoms with Gasteiger partial charge in [-0.25, -0.2) is 0 Å². The SMILES string of the molecule is COC(=O)C1CCN(C(=O)CN(C)C2CCCc3ccccc32)CC1. The summed E-state index contributed by atoms with van der Waals surface area (Å²) in [6, 6.07) is 8.90. The Kier molecular flexibility index (Phi) is 5.74. The fourth-order valence-electron chi connectivity index (χ4n) is 4.14. The van der Waals surface area contributed by atoms with Gasteiger partial charge in [0.25, 0.3) is 0 Å². The number of rotatable bonds is 4. The second-order valence-electron chi connectivity index (χ2n) is 7.20. The molecular formula is C20H28N2O3. The molecule has 3 rings (SSSR count). The lowest BCUT2D eigenvalue weighted by Gasteiger charge is -2.36. The maximum absolute atomic E-state index is 12.7.